The normalized spacial score (nSPS) is 10.8. The maximum atomic E-state index is 5.87. The molecule has 0 aliphatic heterocycles. The first-order chi connectivity index (χ1) is 13.8. The molecule has 3 aromatic carbocycles. The van der Waals surface area contributed by atoms with Gasteiger partial charge in [0.1, 0.15) is 0 Å². The van der Waals surface area contributed by atoms with E-state index >= 15 is 0 Å². The van der Waals surface area contributed by atoms with Crippen molar-refractivity contribution in [2.75, 3.05) is 17.6 Å². The van der Waals surface area contributed by atoms with Crippen LogP contribution in [0.1, 0.15) is 45.4 Å². The molecule has 2 nitrogen and oxygen atoms in total. The molecule has 3 N–H and O–H groups in total. The Labute approximate surface area is 169 Å². The molecule has 0 bridgehead atoms. The predicted molar refractivity (Wildman–Crippen MR) is 124 cm³/mol. The van der Waals surface area contributed by atoms with E-state index in [4.69, 9.17) is 5.73 Å². The van der Waals surface area contributed by atoms with Crippen LogP contribution in [0, 0.1) is 0 Å². The third-order valence-corrected chi connectivity index (χ3v) is 5.19. The Balaban J connectivity index is 1.74. The molecular formula is C26H32N2. The lowest BCUT2D eigenvalue weighted by Gasteiger charge is -2.14. The van der Waals surface area contributed by atoms with Gasteiger partial charge in [-0.2, -0.15) is 0 Å². The molecule has 0 aliphatic rings. The first kappa shape index (κ1) is 20.0. The van der Waals surface area contributed by atoms with Crippen LogP contribution < -0.4 is 11.1 Å². The van der Waals surface area contributed by atoms with Gasteiger partial charge >= 0.3 is 0 Å². The summed E-state index contributed by atoms with van der Waals surface area (Å²) in [5, 5.41) is 3.61. The van der Waals surface area contributed by atoms with Crippen molar-refractivity contribution < 1.29 is 0 Å². The Hall–Kier alpha value is -2.74. The van der Waals surface area contributed by atoms with Crippen molar-refractivity contribution in [3.63, 3.8) is 0 Å². The van der Waals surface area contributed by atoms with Gasteiger partial charge in [-0.3, -0.25) is 0 Å². The Morgan fingerprint density at radius 2 is 1.36 bits per heavy atom. The smallest absolute Gasteiger partial charge is 0.0346 e. The summed E-state index contributed by atoms with van der Waals surface area (Å²) in [7, 11) is 0. The highest BCUT2D eigenvalue weighted by molar-refractivity contribution is 5.86. The standard InChI is InChI=1S/C26H32N2/c1-2-3-4-5-6-10-19-28-24-17-18-25(22-13-15-23(27)16-14-22)26(20-24)21-11-8-7-9-12-21/h7-9,11-18,20,28H,2-6,10,19,27H2,1H3. The van der Waals surface area contributed by atoms with E-state index in [1.165, 1.54) is 66.5 Å². The number of nitrogens with one attached hydrogen (secondary N) is 1. The van der Waals surface area contributed by atoms with Crippen LogP contribution in [0.4, 0.5) is 11.4 Å². The molecule has 3 aromatic rings. The monoisotopic (exact) mass is 372 g/mol. The second-order valence-corrected chi connectivity index (χ2v) is 7.44. The molecule has 146 valence electrons. The number of nitrogens with two attached hydrogens (primary N) is 1. The lowest BCUT2D eigenvalue weighted by molar-refractivity contribution is 0.617. The second kappa shape index (κ2) is 10.6. The van der Waals surface area contributed by atoms with Crippen LogP contribution >= 0.6 is 0 Å². The predicted octanol–water partition coefficient (Wildman–Crippen LogP) is 7.38. The molecule has 0 amide bonds. The van der Waals surface area contributed by atoms with Crippen molar-refractivity contribution >= 4 is 11.4 Å². The zero-order valence-electron chi connectivity index (χ0n) is 17.0. The van der Waals surface area contributed by atoms with Crippen LogP contribution in [-0.4, -0.2) is 6.54 Å². The van der Waals surface area contributed by atoms with E-state index in [1.807, 2.05) is 12.1 Å². The number of nitrogen functional groups attached to an aromatic ring is 1. The van der Waals surface area contributed by atoms with Crippen LogP contribution in [-0.2, 0) is 0 Å². The fourth-order valence-electron chi connectivity index (χ4n) is 3.56. The van der Waals surface area contributed by atoms with Gasteiger partial charge in [0.25, 0.3) is 0 Å². The van der Waals surface area contributed by atoms with Crippen LogP contribution in [0.2, 0.25) is 0 Å². The van der Waals surface area contributed by atoms with E-state index in [0.717, 1.165) is 12.2 Å². The largest absolute Gasteiger partial charge is 0.399 e. The van der Waals surface area contributed by atoms with E-state index in [0.29, 0.717) is 0 Å². The summed E-state index contributed by atoms with van der Waals surface area (Å²) in [6, 6.07) is 25.4. The number of benzene rings is 3. The second-order valence-electron chi connectivity index (χ2n) is 7.44. The highest BCUT2D eigenvalue weighted by atomic mass is 14.9. The van der Waals surface area contributed by atoms with Gasteiger partial charge in [-0.15, -0.1) is 0 Å². The summed E-state index contributed by atoms with van der Waals surface area (Å²) in [5.41, 5.74) is 12.8. The third-order valence-electron chi connectivity index (χ3n) is 5.19. The molecule has 0 atom stereocenters. The average molecular weight is 373 g/mol. The summed E-state index contributed by atoms with van der Waals surface area (Å²) < 4.78 is 0. The number of unbranched alkanes of at least 4 members (excludes halogenated alkanes) is 5. The molecule has 0 heterocycles. The van der Waals surface area contributed by atoms with Gasteiger partial charge in [-0.1, -0.05) is 87.6 Å². The van der Waals surface area contributed by atoms with Gasteiger partial charge in [0.15, 0.2) is 0 Å². The zero-order valence-corrected chi connectivity index (χ0v) is 17.0. The molecule has 0 unspecified atom stereocenters. The maximum absolute atomic E-state index is 5.87. The van der Waals surface area contributed by atoms with E-state index in [9.17, 15) is 0 Å². The van der Waals surface area contributed by atoms with E-state index in [2.05, 4.69) is 72.9 Å². The van der Waals surface area contributed by atoms with Gasteiger partial charge < -0.3 is 11.1 Å². The zero-order chi connectivity index (χ0) is 19.6. The molecular weight excluding hydrogens is 340 g/mol. The first-order valence-corrected chi connectivity index (χ1v) is 10.6. The molecule has 0 spiro atoms. The van der Waals surface area contributed by atoms with Gasteiger partial charge in [0, 0.05) is 17.9 Å². The Kier molecular flexibility index (Phi) is 7.54. The first-order valence-electron chi connectivity index (χ1n) is 10.6. The number of rotatable bonds is 10. The van der Waals surface area contributed by atoms with Gasteiger partial charge in [-0.05, 0) is 52.9 Å². The molecule has 28 heavy (non-hydrogen) atoms. The van der Waals surface area contributed by atoms with Crippen molar-refractivity contribution in [2.24, 2.45) is 0 Å². The molecule has 0 aromatic heterocycles. The molecule has 0 fully saturated rings. The molecule has 0 saturated heterocycles. The van der Waals surface area contributed by atoms with Crippen LogP contribution in [0.15, 0.2) is 72.8 Å². The summed E-state index contributed by atoms with van der Waals surface area (Å²) in [6.07, 6.45) is 7.92. The molecule has 0 aliphatic carbocycles. The average Bonchev–Trinajstić information content (AvgIpc) is 2.74. The molecule has 0 saturated carbocycles. The van der Waals surface area contributed by atoms with Crippen molar-refractivity contribution in [2.45, 2.75) is 45.4 Å². The quantitative estimate of drug-likeness (QED) is 0.288. The lowest BCUT2D eigenvalue weighted by atomic mass is 9.94. The molecule has 3 rings (SSSR count). The lowest BCUT2D eigenvalue weighted by Crippen LogP contribution is -2.02. The number of hydrogen-bond acceptors (Lipinski definition) is 2. The van der Waals surface area contributed by atoms with E-state index < -0.39 is 0 Å². The fourth-order valence-corrected chi connectivity index (χ4v) is 3.56. The highest BCUT2D eigenvalue weighted by Crippen LogP contribution is 2.34. The number of anilines is 2. The highest BCUT2D eigenvalue weighted by Gasteiger charge is 2.09. The Morgan fingerprint density at radius 3 is 2.11 bits per heavy atom. The Morgan fingerprint density at radius 1 is 0.679 bits per heavy atom. The summed E-state index contributed by atoms with van der Waals surface area (Å²) in [6.45, 7) is 3.29. The van der Waals surface area contributed by atoms with E-state index in [-0.39, 0.29) is 0 Å². The SMILES string of the molecule is CCCCCCCCNc1ccc(-c2ccc(N)cc2)c(-c2ccccc2)c1. The fraction of sp³-hybridized carbons (Fsp3) is 0.308. The minimum absolute atomic E-state index is 0.794. The minimum atomic E-state index is 0.794. The van der Waals surface area contributed by atoms with Crippen molar-refractivity contribution in [3.05, 3.63) is 72.8 Å². The maximum Gasteiger partial charge on any atom is 0.0346 e. The third kappa shape index (κ3) is 5.63. The summed E-state index contributed by atoms with van der Waals surface area (Å²) in [5.74, 6) is 0. The Bertz CT molecular complexity index is 838. The molecule has 2 heteroatoms. The van der Waals surface area contributed by atoms with Crippen molar-refractivity contribution in [1.82, 2.24) is 0 Å². The van der Waals surface area contributed by atoms with Crippen molar-refractivity contribution in [1.29, 1.82) is 0 Å². The number of hydrogen-bond donors (Lipinski definition) is 2. The van der Waals surface area contributed by atoms with Crippen LogP contribution in [0.3, 0.4) is 0 Å². The van der Waals surface area contributed by atoms with Gasteiger partial charge in [-0.25, -0.2) is 0 Å². The van der Waals surface area contributed by atoms with E-state index in [1.54, 1.807) is 0 Å². The molecule has 0 radical (unpaired) electrons. The minimum Gasteiger partial charge on any atom is -0.399 e. The van der Waals surface area contributed by atoms with Crippen LogP contribution in [0.5, 0.6) is 0 Å². The topological polar surface area (TPSA) is 38.0 Å². The van der Waals surface area contributed by atoms with Crippen molar-refractivity contribution in [3.8, 4) is 22.3 Å². The summed E-state index contributed by atoms with van der Waals surface area (Å²) >= 11 is 0. The summed E-state index contributed by atoms with van der Waals surface area (Å²) in [4.78, 5) is 0. The van der Waals surface area contributed by atoms with Crippen LogP contribution in [0.25, 0.3) is 22.3 Å². The van der Waals surface area contributed by atoms with Gasteiger partial charge in [0.05, 0.1) is 0 Å². The van der Waals surface area contributed by atoms with Gasteiger partial charge in [0.2, 0.25) is 0 Å².